The van der Waals surface area contributed by atoms with Gasteiger partial charge in [-0.2, -0.15) is 0 Å². The van der Waals surface area contributed by atoms with Crippen molar-refractivity contribution in [3.8, 4) is 11.5 Å². The maximum absolute atomic E-state index is 10.9. The van der Waals surface area contributed by atoms with Gasteiger partial charge in [0.05, 0.1) is 0 Å². The summed E-state index contributed by atoms with van der Waals surface area (Å²) in [6.45, 7) is 1.94. The molecule has 0 saturated carbocycles. The Morgan fingerprint density at radius 1 is 1.47 bits per heavy atom. The molecule has 3 N–H and O–H groups in total. The fourth-order valence-electron chi connectivity index (χ4n) is 1.59. The number of aryl methyl sites for hydroxylation is 1. The summed E-state index contributed by atoms with van der Waals surface area (Å²) in [6.07, 6.45) is 0. The number of aromatic nitrogens is 1. The van der Waals surface area contributed by atoms with Gasteiger partial charge in [-0.05, 0) is 18.6 Å². The average molecular weight is 232 g/mol. The number of oxazole rings is 1. The number of carbonyl (C=O) groups is 1. The lowest BCUT2D eigenvalue weighted by molar-refractivity contribution is 0.0661. The molecule has 1 aromatic heterocycles. The number of nitrogens with two attached hydrogens (primary N) is 1. The predicted octanol–water partition coefficient (Wildman–Crippen LogP) is 1.81. The summed E-state index contributed by atoms with van der Waals surface area (Å²) in [5.74, 6) is -1.05. The SMILES string of the molecule is Cc1ccccc1-c1nc(CN)c(C(=O)O)o1. The molecule has 0 amide bonds. The molecule has 0 radical (unpaired) electrons. The van der Waals surface area contributed by atoms with Crippen LogP contribution in [0.1, 0.15) is 21.8 Å². The maximum Gasteiger partial charge on any atom is 0.373 e. The van der Waals surface area contributed by atoms with E-state index in [1.54, 1.807) is 0 Å². The quantitative estimate of drug-likeness (QED) is 0.842. The van der Waals surface area contributed by atoms with Crippen LogP contribution in [-0.4, -0.2) is 16.1 Å². The van der Waals surface area contributed by atoms with Crippen LogP contribution in [0.5, 0.6) is 0 Å². The van der Waals surface area contributed by atoms with Gasteiger partial charge >= 0.3 is 5.97 Å². The van der Waals surface area contributed by atoms with E-state index in [9.17, 15) is 4.79 Å². The van der Waals surface area contributed by atoms with Crippen LogP contribution in [0.25, 0.3) is 11.5 Å². The second kappa shape index (κ2) is 4.39. The Balaban J connectivity index is 2.54. The first kappa shape index (κ1) is 11.3. The van der Waals surface area contributed by atoms with Crippen LogP contribution in [0, 0.1) is 6.92 Å². The zero-order chi connectivity index (χ0) is 12.4. The molecule has 0 aliphatic heterocycles. The number of hydrogen-bond acceptors (Lipinski definition) is 4. The predicted molar refractivity (Wildman–Crippen MR) is 61.5 cm³/mol. The summed E-state index contributed by atoms with van der Waals surface area (Å²) < 4.78 is 5.24. The molecule has 2 aromatic rings. The number of rotatable bonds is 3. The molecule has 0 fully saturated rings. The van der Waals surface area contributed by atoms with Crippen molar-refractivity contribution in [2.24, 2.45) is 5.73 Å². The zero-order valence-corrected chi connectivity index (χ0v) is 9.30. The molecular formula is C12H12N2O3. The summed E-state index contributed by atoms with van der Waals surface area (Å²) in [5, 5.41) is 8.94. The van der Waals surface area contributed by atoms with Crippen LogP contribution >= 0.6 is 0 Å². The third kappa shape index (κ3) is 2.05. The molecule has 17 heavy (non-hydrogen) atoms. The van der Waals surface area contributed by atoms with Crippen molar-refractivity contribution < 1.29 is 14.3 Å². The number of carboxylic acids is 1. The fraction of sp³-hybridized carbons (Fsp3) is 0.167. The van der Waals surface area contributed by atoms with E-state index in [1.807, 2.05) is 31.2 Å². The Kier molecular flexibility index (Phi) is 2.93. The molecule has 0 unspecified atom stereocenters. The van der Waals surface area contributed by atoms with Crippen molar-refractivity contribution in [1.82, 2.24) is 4.98 Å². The van der Waals surface area contributed by atoms with Crippen LogP contribution in [0.15, 0.2) is 28.7 Å². The zero-order valence-electron chi connectivity index (χ0n) is 9.30. The first-order valence-corrected chi connectivity index (χ1v) is 5.12. The number of nitrogens with zero attached hydrogens (tertiary/aromatic N) is 1. The van der Waals surface area contributed by atoms with E-state index in [4.69, 9.17) is 15.3 Å². The van der Waals surface area contributed by atoms with Crippen LogP contribution in [-0.2, 0) is 6.54 Å². The summed E-state index contributed by atoms with van der Waals surface area (Å²) in [6, 6.07) is 7.47. The first-order chi connectivity index (χ1) is 8.13. The molecule has 0 bridgehead atoms. The standard InChI is InChI=1S/C12H12N2O3/c1-7-4-2-3-5-8(7)11-14-9(6-13)10(17-11)12(15)16/h2-5H,6,13H2,1H3,(H,15,16). The Morgan fingerprint density at radius 2 is 2.18 bits per heavy atom. The van der Waals surface area contributed by atoms with Gasteiger partial charge < -0.3 is 15.3 Å². The molecule has 0 spiro atoms. The van der Waals surface area contributed by atoms with E-state index >= 15 is 0 Å². The molecule has 88 valence electrons. The monoisotopic (exact) mass is 232 g/mol. The van der Waals surface area contributed by atoms with Crippen molar-refractivity contribution >= 4 is 5.97 Å². The van der Waals surface area contributed by atoms with Crippen molar-refractivity contribution in [2.45, 2.75) is 13.5 Å². The van der Waals surface area contributed by atoms with Gasteiger partial charge in [-0.1, -0.05) is 18.2 Å². The van der Waals surface area contributed by atoms with E-state index in [-0.39, 0.29) is 18.0 Å². The average Bonchev–Trinajstić information content (AvgIpc) is 2.73. The summed E-state index contributed by atoms with van der Waals surface area (Å²) in [5.41, 5.74) is 7.43. The summed E-state index contributed by atoms with van der Waals surface area (Å²) >= 11 is 0. The van der Waals surface area contributed by atoms with Crippen molar-refractivity contribution in [3.63, 3.8) is 0 Å². The van der Waals surface area contributed by atoms with Gasteiger partial charge in [0, 0.05) is 12.1 Å². The Hall–Kier alpha value is -2.14. The molecule has 1 heterocycles. The molecule has 1 aromatic carbocycles. The lowest BCUT2D eigenvalue weighted by Crippen LogP contribution is -2.04. The van der Waals surface area contributed by atoms with E-state index in [2.05, 4.69) is 4.98 Å². The highest BCUT2D eigenvalue weighted by atomic mass is 16.4. The van der Waals surface area contributed by atoms with E-state index in [1.165, 1.54) is 0 Å². The Morgan fingerprint density at radius 3 is 2.71 bits per heavy atom. The molecule has 2 rings (SSSR count). The minimum absolute atomic E-state index is 0.0387. The molecule has 5 nitrogen and oxygen atoms in total. The van der Waals surface area contributed by atoms with Gasteiger partial charge in [-0.25, -0.2) is 9.78 Å². The Bertz CT molecular complexity index is 561. The number of hydrogen-bond donors (Lipinski definition) is 2. The minimum atomic E-state index is -1.15. The molecule has 0 aliphatic carbocycles. The Labute approximate surface area is 97.9 Å². The first-order valence-electron chi connectivity index (χ1n) is 5.12. The highest BCUT2D eigenvalue weighted by Crippen LogP contribution is 2.24. The van der Waals surface area contributed by atoms with Crippen molar-refractivity contribution in [1.29, 1.82) is 0 Å². The molecular weight excluding hydrogens is 220 g/mol. The largest absolute Gasteiger partial charge is 0.475 e. The highest BCUT2D eigenvalue weighted by molar-refractivity contribution is 5.86. The van der Waals surface area contributed by atoms with E-state index in [0.717, 1.165) is 11.1 Å². The molecule has 0 aliphatic rings. The van der Waals surface area contributed by atoms with Gasteiger partial charge in [-0.3, -0.25) is 0 Å². The van der Waals surface area contributed by atoms with E-state index in [0.29, 0.717) is 5.89 Å². The second-order valence-electron chi connectivity index (χ2n) is 3.62. The lowest BCUT2D eigenvalue weighted by Gasteiger charge is -1.98. The van der Waals surface area contributed by atoms with Crippen LogP contribution in [0.2, 0.25) is 0 Å². The summed E-state index contributed by atoms with van der Waals surface area (Å²) in [4.78, 5) is 15.0. The van der Waals surface area contributed by atoms with Gasteiger partial charge in [0.25, 0.3) is 0 Å². The number of benzene rings is 1. The fourth-order valence-corrected chi connectivity index (χ4v) is 1.59. The third-order valence-electron chi connectivity index (χ3n) is 2.46. The number of carboxylic acid groups (broad SMARTS) is 1. The molecule has 0 saturated heterocycles. The van der Waals surface area contributed by atoms with Gasteiger partial charge in [0.1, 0.15) is 5.69 Å². The number of aromatic carboxylic acids is 1. The molecule has 5 heteroatoms. The third-order valence-corrected chi connectivity index (χ3v) is 2.46. The van der Waals surface area contributed by atoms with Crippen LogP contribution in [0.4, 0.5) is 0 Å². The highest BCUT2D eigenvalue weighted by Gasteiger charge is 2.19. The summed E-state index contributed by atoms with van der Waals surface area (Å²) in [7, 11) is 0. The maximum atomic E-state index is 10.9. The van der Waals surface area contributed by atoms with Crippen LogP contribution < -0.4 is 5.73 Å². The van der Waals surface area contributed by atoms with Gasteiger partial charge in [0.15, 0.2) is 0 Å². The topological polar surface area (TPSA) is 89.3 Å². The van der Waals surface area contributed by atoms with Gasteiger partial charge in [0.2, 0.25) is 11.7 Å². The smallest absolute Gasteiger partial charge is 0.373 e. The van der Waals surface area contributed by atoms with Gasteiger partial charge in [-0.15, -0.1) is 0 Å². The van der Waals surface area contributed by atoms with E-state index < -0.39 is 5.97 Å². The minimum Gasteiger partial charge on any atom is -0.475 e. The lowest BCUT2D eigenvalue weighted by atomic mass is 10.1. The van der Waals surface area contributed by atoms with Crippen LogP contribution in [0.3, 0.4) is 0 Å². The van der Waals surface area contributed by atoms with Crippen molar-refractivity contribution in [2.75, 3.05) is 0 Å². The molecule has 0 atom stereocenters. The van der Waals surface area contributed by atoms with Crippen molar-refractivity contribution in [3.05, 3.63) is 41.3 Å². The second-order valence-corrected chi connectivity index (χ2v) is 3.62. The normalized spacial score (nSPS) is 10.5.